The highest BCUT2D eigenvalue weighted by Crippen LogP contribution is 2.54. The predicted octanol–water partition coefficient (Wildman–Crippen LogP) is 3.75. The zero-order valence-corrected chi connectivity index (χ0v) is 12.7. The summed E-state index contributed by atoms with van der Waals surface area (Å²) in [5.41, 5.74) is 0.937. The van der Waals surface area contributed by atoms with Gasteiger partial charge in [0.05, 0.1) is 6.10 Å². The van der Waals surface area contributed by atoms with Crippen molar-refractivity contribution in [2.24, 2.45) is 10.8 Å². The van der Waals surface area contributed by atoms with Gasteiger partial charge in [-0.1, -0.05) is 33.6 Å². The quantitative estimate of drug-likeness (QED) is 0.805. The fraction of sp³-hybridized carbons (Fsp3) is 1.00. The topological polar surface area (TPSA) is 21.3 Å². The van der Waals surface area contributed by atoms with Crippen molar-refractivity contribution >= 4 is 0 Å². The molecule has 2 aliphatic rings. The highest BCUT2D eigenvalue weighted by atomic mass is 16.5. The molecule has 0 aliphatic heterocycles. The molecule has 106 valence electrons. The van der Waals surface area contributed by atoms with Gasteiger partial charge in [-0.15, -0.1) is 0 Å². The second kappa shape index (κ2) is 5.50. The van der Waals surface area contributed by atoms with Gasteiger partial charge in [0.25, 0.3) is 0 Å². The molecule has 0 aromatic rings. The lowest BCUT2D eigenvalue weighted by Gasteiger charge is -2.54. The first kappa shape index (κ1) is 14.3. The molecule has 0 heterocycles. The maximum absolute atomic E-state index is 5.95. The van der Waals surface area contributed by atoms with Crippen LogP contribution in [0.3, 0.4) is 0 Å². The van der Waals surface area contributed by atoms with Crippen molar-refractivity contribution in [1.82, 2.24) is 5.32 Å². The average Bonchev–Trinajstić information content (AvgIpc) is 2.77. The average molecular weight is 253 g/mol. The van der Waals surface area contributed by atoms with Gasteiger partial charge in [0, 0.05) is 18.1 Å². The van der Waals surface area contributed by atoms with Crippen LogP contribution >= 0.6 is 0 Å². The first-order chi connectivity index (χ1) is 8.48. The summed E-state index contributed by atoms with van der Waals surface area (Å²) in [6.07, 6.45) is 8.60. The van der Waals surface area contributed by atoms with Crippen LogP contribution in [0.15, 0.2) is 0 Å². The Bertz CT molecular complexity index is 263. The van der Waals surface area contributed by atoms with E-state index < -0.39 is 0 Å². The summed E-state index contributed by atoms with van der Waals surface area (Å²) in [6, 6.07) is 0.721. The van der Waals surface area contributed by atoms with Crippen LogP contribution in [0.2, 0.25) is 0 Å². The molecule has 2 unspecified atom stereocenters. The first-order valence-electron chi connectivity index (χ1n) is 7.83. The lowest BCUT2D eigenvalue weighted by Crippen LogP contribution is -2.62. The lowest BCUT2D eigenvalue weighted by molar-refractivity contribution is -0.130. The first-order valence-corrected chi connectivity index (χ1v) is 7.83. The zero-order valence-electron chi connectivity index (χ0n) is 12.7. The maximum atomic E-state index is 5.95. The second-order valence-corrected chi connectivity index (χ2v) is 7.44. The molecule has 0 bridgehead atoms. The number of ether oxygens (including phenoxy) is 1. The monoisotopic (exact) mass is 253 g/mol. The molecule has 2 heteroatoms. The highest BCUT2D eigenvalue weighted by Gasteiger charge is 2.56. The van der Waals surface area contributed by atoms with E-state index >= 15 is 0 Å². The van der Waals surface area contributed by atoms with Gasteiger partial charge in [-0.05, 0) is 44.6 Å². The van der Waals surface area contributed by atoms with Crippen LogP contribution in [-0.4, -0.2) is 25.3 Å². The van der Waals surface area contributed by atoms with Gasteiger partial charge >= 0.3 is 0 Å². The molecule has 0 saturated heterocycles. The van der Waals surface area contributed by atoms with E-state index in [1.54, 1.807) is 0 Å². The molecule has 2 aliphatic carbocycles. The van der Waals surface area contributed by atoms with Crippen molar-refractivity contribution in [2.45, 2.75) is 78.4 Å². The molecule has 1 spiro atoms. The van der Waals surface area contributed by atoms with Gasteiger partial charge in [-0.25, -0.2) is 0 Å². The number of nitrogens with one attached hydrogen (secondary N) is 1. The van der Waals surface area contributed by atoms with E-state index in [1.807, 2.05) is 0 Å². The maximum Gasteiger partial charge on any atom is 0.0661 e. The smallest absolute Gasteiger partial charge is 0.0661 e. The fourth-order valence-corrected chi connectivity index (χ4v) is 3.79. The number of hydrogen-bond acceptors (Lipinski definition) is 2. The number of hydrogen-bond donors (Lipinski definition) is 1. The third-order valence-corrected chi connectivity index (χ3v) is 4.95. The summed E-state index contributed by atoms with van der Waals surface area (Å²) in [5.74, 6) is 0. The van der Waals surface area contributed by atoms with Crippen molar-refractivity contribution in [3.05, 3.63) is 0 Å². The zero-order chi connectivity index (χ0) is 13.2. The Balaban J connectivity index is 1.83. The largest absolute Gasteiger partial charge is 0.378 e. The van der Waals surface area contributed by atoms with Crippen molar-refractivity contribution in [1.29, 1.82) is 0 Å². The molecule has 2 fully saturated rings. The molecule has 0 aromatic heterocycles. The van der Waals surface area contributed by atoms with Crippen LogP contribution in [0.25, 0.3) is 0 Å². The Kier molecular flexibility index (Phi) is 4.38. The normalized spacial score (nSPS) is 30.7. The summed E-state index contributed by atoms with van der Waals surface area (Å²) in [6.45, 7) is 11.1. The van der Waals surface area contributed by atoms with Gasteiger partial charge in [-0.3, -0.25) is 0 Å². The van der Waals surface area contributed by atoms with Crippen LogP contribution in [0.1, 0.15) is 66.2 Å². The molecule has 2 nitrogen and oxygen atoms in total. The van der Waals surface area contributed by atoms with Gasteiger partial charge in [0.2, 0.25) is 0 Å². The molecule has 2 saturated carbocycles. The molecule has 0 amide bonds. The van der Waals surface area contributed by atoms with E-state index in [1.165, 1.54) is 38.5 Å². The third-order valence-electron chi connectivity index (χ3n) is 4.95. The Morgan fingerprint density at radius 3 is 2.44 bits per heavy atom. The molecule has 2 rings (SSSR count). The van der Waals surface area contributed by atoms with Gasteiger partial charge in [0.15, 0.2) is 0 Å². The Hall–Kier alpha value is -0.0800. The second-order valence-electron chi connectivity index (χ2n) is 7.44. The minimum absolute atomic E-state index is 0.443. The summed E-state index contributed by atoms with van der Waals surface area (Å²) < 4.78 is 5.95. The SMILES string of the molecule is CCOC1CC(NCCC(C)(C)C)C12CCCC2. The molecular formula is C16H31NO. The van der Waals surface area contributed by atoms with Crippen LogP contribution in [0.5, 0.6) is 0 Å². The van der Waals surface area contributed by atoms with Crippen molar-refractivity contribution in [3.63, 3.8) is 0 Å². The molecule has 1 N–H and O–H groups in total. The molecule has 0 radical (unpaired) electrons. The highest BCUT2D eigenvalue weighted by molar-refractivity contribution is 5.09. The molecule has 18 heavy (non-hydrogen) atoms. The van der Waals surface area contributed by atoms with Crippen LogP contribution in [0.4, 0.5) is 0 Å². The summed E-state index contributed by atoms with van der Waals surface area (Å²) >= 11 is 0. The minimum atomic E-state index is 0.443. The lowest BCUT2D eigenvalue weighted by atomic mass is 9.60. The van der Waals surface area contributed by atoms with E-state index in [0.717, 1.165) is 19.2 Å². The molecule has 2 atom stereocenters. The molecule has 0 aromatic carbocycles. The predicted molar refractivity (Wildman–Crippen MR) is 76.8 cm³/mol. The van der Waals surface area contributed by atoms with Crippen molar-refractivity contribution in [3.8, 4) is 0 Å². The Labute approximate surface area is 113 Å². The molecular weight excluding hydrogens is 222 g/mol. The minimum Gasteiger partial charge on any atom is -0.378 e. The summed E-state index contributed by atoms with van der Waals surface area (Å²) in [5, 5.41) is 3.82. The van der Waals surface area contributed by atoms with Crippen LogP contribution < -0.4 is 5.32 Å². The summed E-state index contributed by atoms with van der Waals surface area (Å²) in [7, 11) is 0. The Morgan fingerprint density at radius 2 is 1.89 bits per heavy atom. The summed E-state index contributed by atoms with van der Waals surface area (Å²) in [4.78, 5) is 0. The Morgan fingerprint density at radius 1 is 1.22 bits per heavy atom. The van der Waals surface area contributed by atoms with E-state index in [-0.39, 0.29) is 0 Å². The van der Waals surface area contributed by atoms with E-state index in [4.69, 9.17) is 4.74 Å². The third kappa shape index (κ3) is 2.91. The van der Waals surface area contributed by atoms with Crippen molar-refractivity contribution in [2.75, 3.05) is 13.2 Å². The van der Waals surface area contributed by atoms with Crippen LogP contribution in [0, 0.1) is 10.8 Å². The number of rotatable bonds is 5. The van der Waals surface area contributed by atoms with Gasteiger partial charge < -0.3 is 10.1 Å². The van der Waals surface area contributed by atoms with Gasteiger partial charge in [0.1, 0.15) is 0 Å². The fourth-order valence-electron chi connectivity index (χ4n) is 3.79. The van der Waals surface area contributed by atoms with Gasteiger partial charge in [-0.2, -0.15) is 0 Å². The van der Waals surface area contributed by atoms with Crippen molar-refractivity contribution < 1.29 is 4.74 Å². The van der Waals surface area contributed by atoms with E-state index in [0.29, 0.717) is 16.9 Å². The standard InChI is InChI=1S/C16H31NO/c1-5-18-14-12-13(16(14)8-6-7-9-16)17-11-10-15(2,3)4/h13-14,17H,5-12H2,1-4H3. The van der Waals surface area contributed by atoms with E-state index in [2.05, 4.69) is 33.0 Å². The van der Waals surface area contributed by atoms with E-state index in [9.17, 15) is 0 Å². The van der Waals surface area contributed by atoms with Crippen LogP contribution in [-0.2, 0) is 4.74 Å².